The van der Waals surface area contributed by atoms with E-state index in [0.29, 0.717) is 5.56 Å². The standard InChI is InChI=1S/C69H53NS2/c1-42-31-36-57-63(39-42)72-66-59(37-32-43(2)65(66)44-33-35-52-50-23-10-9-21-48(50)46-19-7-8-20-47(46)49-22-11-12-24-51(49)53(52)40-44)69(57)56-27-15-18-30-62(56)71-64-41-45(34-38-58(64)69)70-60-28-16-13-25-54(60)67(3,4)68(5,6)55-26-14-17-29-61(55)70/h7-41H,1-6H3/i1D3,2D3. The third-order valence-corrected chi connectivity index (χ3v) is 19.1. The molecule has 0 fully saturated rings. The van der Waals surface area contributed by atoms with Crippen LogP contribution in [0.3, 0.4) is 0 Å². The van der Waals surface area contributed by atoms with Crippen LogP contribution >= 0.6 is 23.5 Å². The Morgan fingerprint density at radius 1 is 0.375 bits per heavy atom. The average molecular weight is 966 g/mol. The van der Waals surface area contributed by atoms with Gasteiger partial charge in [-0.25, -0.2) is 0 Å². The highest BCUT2D eigenvalue weighted by atomic mass is 32.2. The molecule has 1 spiro atoms. The van der Waals surface area contributed by atoms with E-state index in [9.17, 15) is 4.11 Å². The molecule has 10 aromatic rings. The Hall–Kier alpha value is -7.30. The fourth-order valence-electron chi connectivity index (χ4n) is 12.7. The molecule has 1 aliphatic carbocycles. The fourth-order valence-corrected chi connectivity index (χ4v) is 15.3. The lowest BCUT2D eigenvalue weighted by Crippen LogP contribution is -2.39. The van der Waals surface area contributed by atoms with E-state index in [4.69, 9.17) is 4.11 Å². The van der Waals surface area contributed by atoms with Gasteiger partial charge in [-0.2, -0.15) is 0 Å². The topological polar surface area (TPSA) is 3.24 Å². The van der Waals surface area contributed by atoms with Crippen LogP contribution in [0, 0.1) is 13.7 Å². The second-order valence-electron chi connectivity index (χ2n) is 20.7. The van der Waals surface area contributed by atoms with Crippen molar-refractivity contribution in [1.29, 1.82) is 0 Å². The number of hydrogen-bond donors (Lipinski definition) is 0. The number of aryl methyl sites for hydroxylation is 2. The maximum Gasteiger partial charge on any atom is 0.0745 e. The van der Waals surface area contributed by atoms with Crippen LogP contribution in [0.1, 0.15) is 80.4 Å². The Morgan fingerprint density at radius 2 is 0.861 bits per heavy atom. The van der Waals surface area contributed by atoms with Gasteiger partial charge < -0.3 is 4.90 Å². The largest absolute Gasteiger partial charge is 0.310 e. The lowest BCUT2D eigenvalue weighted by Gasteiger charge is -2.46. The smallest absolute Gasteiger partial charge is 0.0745 e. The number of rotatable bonds is 2. The highest BCUT2D eigenvalue weighted by Crippen LogP contribution is 2.65. The SMILES string of the molecule is [2H]C([2H])([2H])c1ccc2c(c1)Sc1c(ccc(C([2H])([2H])[2H])c1-c1ccc3c(c1)-c1ccccc1-c1ccccc1-c1ccccc1-3)C21c2ccccc2Sc2cc(N3c4ccccc4C(C)(C)C(C)(C)c4ccccc43)ccc21. The number of nitrogens with zero attached hydrogens (tertiary/aromatic N) is 1. The van der Waals surface area contributed by atoms with E-state index in [1.807, 2.05) is 18.2 Å². The monoisotopic (exact) mass is 965 g/mol. The number of anilines is 3. The van der Waals surface area contributed by atoms with Crippen LogP contribution < -0.4 is 4.90 Å². The van der Waals surface area contributed by atoms with Gasteiger partial charge in [0.1, 0.15) is 0 Å². The lowest BCUT2D eigenvalue weighted by atomic mass is 9.61. The summed E-state index contributed by atoms with van der Waals surface area (Å²) < 4.78 is 54.0. The molecular formula is C69H53NS2. The third-order valence-electron chi connectivity index (χ3n) is 16.7. The van der Waals surface area contributed by atoms with Crippen molar-refractivity contribution in [2.24, 2.45) is 0 Å². The fraction of sp³-hybridized carbons (Fsp3) is 0.130. The Bertz CT molecular complexity index is 4100. The zero-order valence-corrected chi connectivity index (χ0v) is 42.1. The summed E-state index contributed by atoms with van der Waals surface area (Å²) in [6.45, 7) is 4.54. The number of hydrogen-bond acceptors (Lipinski definition) is 3. The first-order chi connectivity index (χ1) is 37.5. The van der Waals surface area contributed by atoms with Gasteiger partial charge >= 0.3 is 0 Å². The highest BCUT2D eigenvalue weighted by Gasteiger charge is 2.51. The first kappa shape index (κ1) is 37.5. The maximum absolute atomic E-state index is 9.29. The number of fused-ring (bicyclic) bond motifs is 18. The van der Waals surface area contributed by atoms with Crippen LogP contribution in [0.4, 0.5) is 17.1 Å². The zero-order chi connectivity index (χ0) is 53.7. The van der Waals surface area contributed by atoms with Gasteiger partial charge in [-0.15, -0.1) is 0 Å². The molecule has 4 aliphatic rings. The Balaban J connectivity index is 1.06. The van der Waals surface area contributed by atoms with Gasteiger partial charge in [0.15, 0.2) is 0 Å². The second-order valence-corrected chi connectivity index (χ2v) is 22.9. The molecule has 1 nitrogen and oxygen atoms in total. The van der Waals surface area contributed by atoms with E-state index in [1.54, 1.807) is 17.8 Å². The van der Waals surface area contributed by atoms with Crippen LogP contribution in [0.15, 0.2) is 232 Å². The minimum absolute atomic E-state index is 0.232. The average Bonchev–Trinajstić information content (AvgIpc) is 3.47. The van der Waals surface area contributed by atoms with Crippen LogP contribution in [0.25, 0.3) is 55.6 Å². The molecule has 0 aromatic heterocycles. The molecular weight excluding hydrogens is 907 g/mol. The third kappa shape index (κ3) is 5.99. The summed E-state index contributed by atoms with van der Waals surface area (Å²) in [6.07, 6.45) is 0. The van der Waals surface area contributed by atoms with Crippen molar-refractivity contribution < 1.29 is 8.22 Å². The maximum atomic E-state index is 9.29. The van der Waals surface area contributed by atoms with Crippen molar-refractivity contribution in [3.05, 3.63) is 257 Å². The molecule has 0 saturated carbocycles. The molecule has 0 saturated heterocycles. The number of benzene rings is 10. The van der Waals surface area contributed by atoms with Crippen LogP contribution in [0.5, 0.6) is 0 Å². The first-order valence-electron chi connectivity index (χ1n) is 27.8. The summed E-state index contributed by atoms with van der Waals surface area (Å²) in [5, 5.41) is 0. The summed E-state index contributed by atoms with van der Waals surface area (Å²) in [4.78, 5) is 6.14. The predicted octanol–water partition coefficient (Wildman–Crippen LogP) is 19.3. The molecule has 1 unspecified atom stereocenters. The van der Waals surface area contributed by atoms with Gasteiger partial charge in [0.2, 0.25) is 0 Å². The molecule has 0 amide bonds. The summed E-state index contributed by atoms with van der Waals surface area (Å²) in [5.74, 6) is 0. The molecule has 72 heavy (non-hydrogen) atoms. The molecule has 3 heteroatoms. The molecule has 0 radical (unpaired) electrons. The summed E-state index contributed by atoms with van der Waals surface area (Å²) in [5.41, 5.74) is 18.9. The molecule has 0 N–H and O–H groups in total. The molecule has 346 valence electrons. The van der Waals surface area contributed by atoms with Crippen molar-refractivity contribution in [2.75, 3.05) is 4.90 Å². The van der Waals surface area contributed by atoms with E-state index in [-0.39, 0.29) is 22.0 Å². The zero-order valence-electron chi connectivity index (χ0n) is 46.5. The quantitative estimate of drug-likeness (QED) is 0.170. The van der Waals surface area contributed by atoms with Crippen LogP contribution in [0.2, 0.25) is 0 Å². The van der Waals surface area contributed by atoms with Gasteiger partial charge in [-0.05, 0) is 156 Å². The van der Waals surface area contributed by atoms with Gasteiger partial charge in [0, 0.05) is 55.7 Å². The van der Waals surface area contributed by atoms with Crippen LogP contribution in [-0.4, -0.2) is 0 Å². The van der Waals surface area contributed by atoms with Gasteiger partial charge in [0.05, 0.1) is 5.41 Å². The second kappa shape index (κ2) is 15.8. The van der Waals surface area contributed by atoms with Crippen molar-refractivity contribution >= 4 is 40.6 Å². The van der Waals surface area contributed by atoms with E-state index < -0.39 is 19.1 Å². The molecule has 1 atom stereocenters. The normalized spacial score (nSPS) is 18.5. The summed E-state index contributed by atoms with van der Waals surface area (Å²) in [7, 11) is 0. The Morgan fingerprint density at radius 3 is 1.46 bits per heavy atom. The molecule has 3 heterocycles. The predicted molar refractivity (Wildman–Crippen MR) is 304 cm³/mol. The molecule has 0 bridgehead atoms. The number of para-hydroxylation sites is 2. The van der Waals surface area contributed by atoms with Crippen molar-refractivity contribution in [2.45, 2.75) is 77.2 Å². The van der Waals surface area contributed by atoms with E-state index >= 15 is 0 Å². The Kier molecular flexibility index (Phi) is 8.25. The lowest BCUT2D eigenvalue weighted by molar-refractivity contribution is 0.307. The summed E-state index contributed by atoms with van der Waals surface area (Å²) >= 11 is 3.24. The first-order valence-corrected chi connectivity index (χ1v) is 26.5. The van der Waals surface area contributed by atoms with Crippen molar-refractivity contribution in [3.63, 3.8) is 0 Å². The highest BCUT2D eigenvalue weighted by molar-refractivity contribution is 8.00. The molecule has 14 rings (SSSR count). The molecule has 3 aliphatic heterocycles. The van der Waals surface area contributed by atoms with Gasteiger partial charge in [-0.1, -0.05) is 221 Å². The van der Waals surface area contributed by atoms with Gasteiger partial charge in [0.25, 0.3) is 0 Å². The van der Waals surface area contributed by atoms with Crippen molar-refractivity contribution in [1.82, 2.24) is 0 Å². The van der Waals surface area contributed by atoms with E-state index in [2.05, 4.69) is 221 Å². The van der Waals surface area contributed by atoms with Crippen molar-refractivity contribution in [3.8, 4) is 55.6 Å². The van der Waals surface area contributed by atoms with Crippen LogP contribution in [-0.2, 0) is 16.2 Å². The Labute approximate surface area is 441 Å². The summed E-state index contributed by atoms with van der Waals surface area (Å²) in [6, 6.07) is 74.7. The van der Waals surface area contributed by atoms with Gasteiger partial charge in [-0.3, -0.25) is 0 Å². The van der Waals surface area contributed by atoms with E-state index in [1.165, 1.54) is 22.9 Å². The minimum atomic E-state index is -2.51. The molecule has 10 aromatic carbocycles. The minimum Gasteiger partial charge on any atom is -0.310 e. The van der Waals surface area contributed by atoms with E-state index in [0.717, 1.165) is 109 Å².